The Kier molecular flexibility index (Phi) is 4.29. The van der Waals surface area contributed by atoms with E-state index >= 15 is 0 Å². The van der Waals surface area contributed by atoms with Crippen LogP contribution in [0.5, 0.6) is 17.2 Å². The third-order valence-electron chi connectivity index (χ3n) is 4.34. The lowest BCUT2D eigenvalue weighted by Gasteiger charge is -2.37. The van der Waals surface area contributed by atoms with Crippen molar-refractivity contribution in [1.29, 1.82) is 0 Å². The number of hydrogen-bond donors (Lipinski definition) is 0. The molecule has 0 radical (unpaired) electrons. The highest BCUT2D eigenvalue weighted by molar-refractivity contribution is 5.96. The standard InChI is InChI=1S/C21H22O4/c1-13-18-11-10-17(24-14(2)22)12-19(18)25-21(3,4)20(13)15-6-8-16(23-5)9-7-15/h6-12H,1-5H3. The molecule has 3 rings (SSSR count). The fourth-order valence-corrected chi connectivity index (χ4v) is 3.36. The van der Waals surface area contributed by atoms with Crippen molar-refractivity contribution in [3.8, 4) is 17.2 Å². The summed E-state index contributed by atoms with van der Waals surface area (Å²) in [6, 6.07) is 13.5. The van der Waals surface area contributed by atoms with Crippen LogP contribution < -0.4 is 14.2 Å². The van der Waals surface area contributed by atoms with Crippen LogP contribution in [-0.2, 0) is 4.79 Å². The summed E-state index contributed by atoms with van der Waals surface area (Å²) >= 11 is 0. The molecule has 0 spiro atoms. The Morgan fingerprint density at radius 2 is 1.68 bits per heavy atom. The first kappa shape index (κ1) is 17.1. The number of rotatable bonds is 3. The summed E-state index contributed by atoms with van der Waals surface area (Å²) in [6.07, 6.45) is 0. The van der Waals surface area contributed by atoms with Gasteiger partial charge in [-0.1, -0.05) is 12.1 Å². The van der Waals surface area contributed by atoms with Crippen LogP contribution in [0, 0.1) is 0 Å². The predicted octanol–water partition coefficient (Wildman–Crippen LogP) is 4.72. The third-order valence-corrected chi connectivity index (χ3v) is 4.34. The van der Waals surface area contributed by atoms with Gasteiger partial charge in [0.05, 0.1) is 7.11 Å². The van der Waals surface area contributed by atoms with Gasteiger partial charge in [0, 0.05) is 24.1 Å². The molecule has 1 aliphatic heterocycles. The zero-order valence-electron chi connectivity index (χ0n) is 15.2. The van der Waals surface area contributed by atoms with Crippen LogP contribution in [0.2, 0.25) is 0 Å². The van der Waals surface area contributed by atoms with Crippen LogP contribution in [0.15, 0.2) is 42.5 Å². The Hall–Kier alpha value is -2.75. The highest BCUT2D eigenvalue weighted by Gasteiger charge is 2.34. The molecule has 25 heavy (non-hydrogen) atoms. The van der Waals surface area contributed by atoms with Gasteiger partial charge in [0.1, 0.15) is 22.8 Å². The highest BCUT2D eigenvalue weighted by Crippen LogP contribution is 2.46. The number of hydrogen-bond acceptors (Lipinski definition) is 4. The van der Waals surface area contributed by atoms with Gasteiger partial charge >= 0.3 is 5.97 Å². The molecule has 0 atom stereocenters. The summed E-state index contributed by atoms with van der Waals surface area (Å²) < 4.78 is 16.7. The molecule has 0 bridgehead atoms. The van der Waals surface area contributed by atoms with Gasteiger partial charge in [-0.15, -0.1) is 0 Å². The first-order valence-corrected chi connectivity index (χ1v) is 8.19. The monoisotopic (exact) mass is 338 g/mol. The van der Waals surface area contributed by atoms with Gasteiger partial charge in [-0.2, -0.15) is 0 Å². The topological polar surface area (TPSA) is 44.8 Å². The summed E-state index contributed by atoms with van der Waals surface area (Å²) in [5.41, 5.74) is 3.85. The number of esters is 1. The van der Waals surface area contributed by atoms with Gasteiger partial charge in [0.2, 0.25) is 0 Å². The predicted molar refractivity (Wildman–Crippen MR) is 97.9 cm³/mol. The zero-order chi connectivity index (χ0) is 18.2. The maximum Gasteiger partial charge on any atom is 0.308 e. The van der Waals surface area contributed by atoms with E-state index in [-0.39, 0.29) is 5.97 Å². The Bertz CT molecular complexity index is 845. The summed E-state index contributed by atoms with van der Waals surface area (Å²) in [5.74, 6) is 1.69. The fourth-order valence-electron chi connectivity index (χ4n) is 3.36. The van der Waals surface area contributed by atoms with Crippen molar-refractivity contribution in [2.24, 2.45) is 0 Å². The van der Waals surface area contributed by atoms with Crippen LogP contribution in [0.3, 0.4) is 0 Å². The highest BCUT2D eigenvalue weighted by atomic mass is 16.5. The molecule has 0 saturated carbocycles. The lowest BCUT2D eigenvalue weighted by atomic mass is 9.82. The summed E-state index contributed by atoms with van der Waals surface area (Å²) in [7, 11) is 1.66. The Morgan fingerprint density at radius 3 is 2.28 bits per heavy atom. The second-order valence-corrected chi connectivity index (χ2v) is 6.59. The van der Waals surface area contributed by atoms with Crippen molar-refractivity contribution in [2.75, 3.05) is 7.11 Å². The molecule has 2 aromatic carbocycles. The molecule has 0 unspecified atom stereocenters. The van der Waals surface area contributed by atoms with E-state index in [0.717, 1.165) is 33.8 Å². The molecule has 2 aromatic rings. The second kappa shape index (κ2) is 6.28. The number of methoxy groups -OCH3 is 1. The van der Waals surface area contributed by atoms with Crippen molar-refractivity contribution in [3.05, 3.63) is 53.6 Å². The Labute approximate surface area is 148 Å². The number of benzene rings is 2. The maximum atomic E-state index is 11.2. The van der Waals surface area contributed by atoms with E-state index in [2.05, 4.69) is 6.92 Å². The van der Waals surface area contributed by atoms with Crippen LogP contribution in [0.25, 0.3) is 11.1 Å². The molecular formula is C21H22O4. The van der Waals surface area contributed by atoms with E-state index in [9.17, 15) is 4.79 Å². The van der Waals surface area contributed by atoms with Crippen molar-refractivity contribution in [2.45, 2.75) is 33.3 Å². The molecule has 0 saturated heterocycles. The smallest absolute Gasteiger partial charge is 0.308 e. The average Bonchev–Trinajstić information content (AvgIpc) is 2.53. The van der Waals surface area contributed by atoms with Gasteiger partial charge in [-0.3, -0.25) is 4.79 Å². The summed E-state index contributed by atoms with van der Waals surface area (Å²) in [6.45, 7) is 7.56. The minimum Gasteiger partial charge on any atom is -0.497 e. The van der Waals surface area contributed by atoms with Crippen LogP contribution in [0.1, 0.15) is 38.8 Å². The molecule has 4 nitrogen and oxygen atoms in total. The molecule has 1 aliphatic rings. The quantitative estimate of drug-likeness (QED) is 0.600. The molecule has 0 N–H and O–H groups in total. The van der Waals surface area contributed by atoms with Gasteiger partial charge in [0.25, 0.3) is 0 Å². The lowest BCUT2D eigenvalue weighted by Crippen LogP contribution is -2.33. The number of carbonyl (C=O) groups is 1. The Morgan fingerprint density at radius 1 is 1.04 bits per heavy atom. The van der Waals surface area contributed by atoms with Gasteiger partial charge in [-0.05, 0) is 56.2 Å². The van der Waals surface area contributed by atoms with E-state index in [0.29, 0.717) is 5.75 Å². The van der Waals surface area contributed by atoms with E-state index in [1.807, 2.05) is 44.2 Å². The number of ether oxygens (including phenoxy) is 3. The van der Waals surface area contributed by atoms with Gasteiger partial charge in [-0.25, -0.2) is 0 Å². The number of carbonyl (C=O) groups excluding carboxylic acids is 1. The molecule has 0 amide bonds. The largest absolute Gasteiger partial charge is 0.497 e. The minimum absolute atomic E-state index is 0.346. The van der Waals surface area contributed by atoms with Crippen molar-refractivity contribution in [3.63, 3.8) is 0 Å². The molecule has 4 heteroatoms. The van der Waals surface area contributed by atoms with E-state index in [1.165, 1.54) is 6.92 Å². The average molecular weight is 338 g/mol. The molecule has 0 aliphatic carbocycles. The van der Waals surface area contributed by atoms with Crippen molar-refractivity contribution >= 4 is 17.1 Å². The second-order valence-electron chi connectivity index (χ2n) is 6.59. The van der Waals surface area contributed by atoms with E-state index < -0.39 is 5.60 Å². The van der Waals surface area contributed by atoms with Gasteiger partial charge in [0.15, 0.2) is 0 Å². The van der Waals surface area contributed by atoms with Gasteiger partial charge < -0.3 is 14.2 Å². The fraction of sp³-hybridized carbons (Fsp3) is 0.286. The normalized spacial score (nSPS) is 15.2. The van der Waals surface area contributed by atoms with E-state index in [1.54, 1.807) is 19.2 Å². The molecule has 0 fully saturated rings. The minimum atomic E-state index is -0.513. The molecule has 0 aromatic heterocycles. The molecule has 130 valence electrons. The summed E-state index contributed by atoms with van der Waals surface area (Å²) in [4.78, 5) is 11.2. The molecular weight excluding hydrogens is 316 g/mol. The maximum absolute atomic E-state index is 11.2. The van der Waals surface area contributed by atoms with Crippen molar-refractivity contribution in [1.82, 2.24) is 0 Å². The van der Waals surface area contributed by atoms with Crippen LogP contribution >= 0.6 is 0 Å². The van der Waals surface area contributed by atoms with E-state index in [4.69, 9.17) is 14.2 Å². The van der Waals surface area contributed by atoms with Crippen LogP contribution in [-0.4, -0.2) is 18.7 Å². The number of allylic oxidation sites excluding steroid dienone is 1. The first-order valence-electron chi connectivity index (χ1n) is 8.19. The lowest BCUT2D eigenvalue weighted by molar-refractivity contribution is -0.131. The SMILES string of the molecule is COc1ccc(C2=C(C)c3ccc(OC(C)=O)cc3OC2(C)C)cc1. The number of fused-ring (bicyclic) bond motifs is 1. The summed E-state index contributed by atoms with van der Waals surface area (Å²) in [5, 5.41) is 0. The molecule has 1 heterocycles. The third kappa shape index (κ3) is 3.25. The first-order chi connectivity index (χ1) is 11.8. The van der Waals surface area contributed by atoms with Crippen molar-refractivity contribution < 1.29 is 19.0 Å². The zero-order valence-corrected chi connectivity index (χ0v) is 15.2. The Balaban J connectivity index is 2.09. The van der Waals surface area contributed by atoms with Crippen LogP contribution in [0.4, 0.5) is 0 Å².